The number of benzene rings is 1. The second kappa shape index (κ2) is 7.65. The van der Waals surface area contributed by atoms with Crippen LogP contribution in [0.25, 0.3) is 0 Å². The highest BCUT2D eigenvalue weighted by molar-refractivity contribution is 7.11. The summed E-state index contributed by atoms with van der Waals surface area (Å²) in [6.07, 6.45) is 2.99. The van der Waals surface area contributed by atoms with Gasteiger partial charge in [0.25, 0.3) is 0 Å². The quantitative estimate of drug-likeness (QED) is 0.423. The summed E-state index contributed by atoms with van der Waals surface area (Å²) in [5.41, 5.74) is -0.0629. The molecule has 116 valence electrons. The van der Waals surface area contributed by atoms with Crippen molar-refractivity contribution >= 4 is 22.8 Å². The van der Waals surface area contributed by atoms with Gasteiger partial charge in [-0.1, -0.05) is 12.1 Å². The molecule has 2 aromatic rings. The lowest BCUT2D eigenvalue weighted by molar-refractivity contribution is -0.385. The summed E-state index contributed by atoms with van der Waals surface area (Å²) in [6, 6.07) is 6.21. The molecule has 0 bridgehead atoms. The van der Waals surface area contributed by atoms with Gasteiger partial charge in [-0.05, 0) is 19.4 Å². The number of para-hydroxylation sites is 2. The SMILES string of the molecule is Cc1cnc(CC(=O)CCCOc2ccccc2[N+](=O)[O-])s1. The Bertz CT molecular complexity index is 669. The molecule has 1 aromatic heterocycles. The van der Waals surface area contributed by atoms with E-state index in [9.17, 15) is 14.9 Å². The van der Waals surface area contributed by atoms with Gasteiger partial charge >= 0.3 is 5.69 Å². The molecular weight excluding hydrogens is 304 g/mol. The number of carbonyl (C=O) groups is 1. The first-order valence-corrected chi connectivity index (χ1v) is 7.67. The van der Waals surface area contributed by atoms with Crippen LogP contribution in [0.5, 0.6) is 5.75 Å². The van der Waals surface area contributed by atoms with Crippen molar-refractivity contribution in [1.82, 2.24) is 4.98 Å². The van der Waals surface area contributed by atoms with Crippen LogP contribution in [0.1, 0.15) is 22.7 Å². The van der Waals surface area contributed by atoms with E-state index in [0.29, 0.717) is 19.3 Å². The third kappa shape index (κ3) is 4.63. The summed E-state index contributed by atoms with van der Waals surface area (Å²) < 4.78 is 5.40. The number of hydrogen-bond acceptors (Lipinski definition) is 6. The molecule has 0 aliphatic carbocycles. The molecule has 0 saturated carbocycles. The van der Waals surface area contributed by atoms with Crippen LogP contribution in [-0.2, 0) is 11.2 Å². The Morgan fingerprint density at radius 3 is 2.86 bits per heavy atom. The number of nitrogens with zero attached hydrogens (tertiary/aromatic N) is 2. The molecule has 2 rings (SSSR count). The van der Waals surface area contributed by atoms with Gasteiger partial charge in [-0.3, -0.25) is 14.9 Å². The number of Topliss-reactive ketones (excluding diaryl/α,β-unsaturated/α-hetero) is 1. The maximum atomic E-state index is 11.8. The molecule has 0 spiro atoms. The van der Waals surface area contributed by atoms with Crippen molar-refractivity contribution in [2.24, 2.45) is 0 Å². The summed E-state index contributed by atoms with van der Waals surface area (Å²) in [7, 11) is 0. The van der Waals surface area contributed by atoms with Gasteiger partial charge in [0.15, 0.2) is 5.75 Å². The summed E-state index contributed by atoms with van der Waals surface area (Å²) in [6.45, 7) is 2.22. The largest absolute Gasteiger partial charge is 0.487 e. The number of thiazole rings is 1. The van der Waals surface area contributed by atoms with Gasteiger partial charge in [0.05, 0.1) is 18.0 Å². The minimum atomic E-state index is -0.481. The van der Waals surface area contributed by atoms with Crippen molar-refractivity contribution in [3.8, 4) is 5.75 Å². The van der Waals surface area contributed by atoms with E-state index in [-0.39, 0.29) is 23.8 Å². The number of hydrogen-bond donors (Lipinski definition) is 0. The third-order valence-corrected chi connectivity index (χ3v) is 3.85. The molecular formula is C15H16N2O4S. The first-order chi connectivity index (χ1) is 10.6. The Morgan fingerprint density at radius 2 is 2.18 bits per heavy atom. The molecule has 1 heterocycles. The van der Waals surface area contributed by atoms with Crippen molar-refractivity contribution in [2.75, 3.05) is 6.61 Å². The highest BCUT2D eigenvalue weighted by Crippen LogP contribution is 2.25. The van der Waals surface area contributed by atoms with Crippen LogP contribution in [0.4, 0.5) is 5.69 Å². The Balaban J connectivity index is 1.75. The molecule has 0 N–H and O–H groups in total. The molecule has 1 aromatic carbocycles. The van der Waals surface area contributed by atoms with Crippen LogP contribution < -0.4 is 4.74 Å². The molecule has 0 aliphatic heterocycles. The van der Waals surface area contributed by atoms with Crippen molar-refractivity contribution < 1.29 is 14.5 Å². The zero-order valence-electron chi connectivity index (χ0n) is 12.2. The van der Waals surface area contributed by atoms with Gasteiger partial charge in [0.1, 0.15) is 10.8 Å². The molecule has 0 amide bonds. The van der Waals surface area contributed by atoms with Gasteiger partial charge in [0, 0.05) is 23.6 Å². The maximum absolute atomic E-state index is 11.8. The van der Waals surface area contributed by atoms with Gasteiger partial charge in [-0.15, -0.1) is 11.3 Å². The molecule has 0 unspecified atom stereocenters. The topological polar surface area (TPSA) is 82.3 Å². The average Bonchev–Trinajstić information content (AvgIpc) is 2.89. The van der Waals surface area contributed by atoms with Crippen molar-refractivity contribution in [3.63, 3.8) is 0 Å². The van der Waals surface area contributed by atoms with E-state index in [1.165, 1.54) is 17.4 Å². The summed E-state index contributed by atoms with van der Waals surface area (Å²) in [5.74, 6) is 0.330. The summed E-state index contributed by atoms with van der Waals surface area (Å²) in [4.78, 5) is 27.4. The Morgan fingerprint density at radius 1 is 1.41 bits per heavy atom. The Labute approximate surface area is 131 Å². The first kappa shape index (κ1) is 16.1. The maximum Gasteiger partial charge on any atom is 0.310 e. The predicted molar refractivity (Wildman–Crippen MR) is 83.4 cm³/mol. The van der Waals surface area contributed by atoms with Crippen molar-refractivity contribution in [2.45, 2.75) is 26.2 Å². The highest BCUT2D eigenvalue weighted by atomic mass is 32.1. The summed E-state index contributed by atoms with van der Waals surface area (Å²) >= 11 is 1.52. The van der Waals surface area contributed by atoms with Crippen LogP contribution in [0, 0.1) is 17.0 Å². The fourth-order valence-electron chi connectivity index (χ4n) is 1.92. The normalized spacial score (nSPS) is 10.4. The van der Waals surface area contributed by atoms with E-state index in [2.05, 4.69) is 4.98 Å². The standard InChI is InChI=1S/C15H16N2O4S/c1-11-10-16-15(22-11)9-12(18)5-4-8-21-14-7-3-2-6-13(14)17(19)20/h2-3,6-7,10H,4-5,8-9H2,1H3. The van der Waals surface area contributed by atoms with E-state index in [4.69, 9.17) is 4.74 Å². The second-order valence-electron chi connectivity index (χ2n) is 4.76. The van der Waals surface area contributed by atoms with E-state index < -0.39 is 4.92 Å². The fourth-order valence-corrected chi connectivity index (χ4v) is 2.74. The lowest BCUT2D eigenvalue weighted by Gasteiger charge is -2.06. The third-order valence-electron chi connectivity index (χ3n) is 2.94. The van der Waals surface area contributed by atoms with Gasteiger partial charge in [0.2, 0.25) is 0 Å². The lowest BCUT2D eigenvalue weighted by Crippen LogP contribution is -2.06. The summed E-state index contributed by atoms with van der Waals surface area (Å²) in [5, 5.41) is 11.7. The number of aromatic nitrogens is 1. The first-order valence-electron chi connectivity index (χ1n) is 6.85. The number of ether oxygens (including phenoxy) is 1. The van der Waals surface area contributed by atoms with Gasteiger partial charge in [-0.25, -0.2) is 4.98 Å². The number of nitro groups is 1. The van der Waals surface area contributed by atoms with Crippen molar-refractivity contribution in [3.05, 3.63) is 50.5 Å². The lowest BCUT2D eigenvalue weighted by atomic mass is 10.2. The second-order valence-corrected chi connectivity index (χ2v) is 6.08. The monoisotopic (exact) mass is 320 g/mol. The molecule has 0 fully saturated rings. The van der Waals surface area contributed by atoms with E-state index >= 15 is 0 Å². The average molecular weight is 320 g/mol. The molecule has 0 radical (unpaired) electrons. The zero-order valence-corrected chi connectivity index (χ0v) is 13.0. The van der Waals surface area contributed by atoms with Crippen LogP contribution in [0.3, 0.4) is 0 Å². The molecule has 0 atom stereocenters. The Hall–Kier alpha value is -2.28. The fraction of sp³-hybridized carbons (Fsp3) is 0.333. The van der Waals surface area contributed by atoms with Crippen LogP contribution in [-0.4, -0.2) is 22.3 Å². The van der Waals surface area contributed by atoms with Gasteiger partial charge < -0.3 is 4.74 Å². The van der Waals surface area contributed by atoms with E-state index in [1.807, 2.05) is 6.92 Å². The van der Waals surface area contributed by atoms with Crippen LogP contribution in [0.2, 0.25) is 0 Å². The minimum Gasteiger partial charge on any atom is -0.487 e. The minimum absolute atomic E-state index is 0.0629. The molecule has 0 saturated heterocycles. The van der Waals surface area contributed by atoms with Gasteiger partial charge in [-0.2, -0.15) is 0 Å². The van der Waals surface area contributed by atoms with E-state index in [1.54, 1.807) is 24.4 Å². The molecule has 7 heteroatoms. The number of carbonyl (C=O) groups excluding carboxylic acids is 1. The predicted octanol–water partition coefficient (Wildman–Crippen LogP) is 3.33. The number of ketones is 1. The molecule has 22 heavy (non-hydrogen) atoms. The number of rotatable bonds is 8. The zero-order chi connectivity index (χ0) is 15.9. The van der Waals surface area contributed by atoms with E-state index in [0.717, 1.165) is 9.88 Å². The Kier molecular flexibility index (Phi) is 5.60. The smallest absolute Gasteiger partial charge is 0.310 e. The highest BCUT2D eigenvalue weighted by Gasteiger charge is 2.13. The van der Waals surface area contributed by atoms with Crippen LogP contribution >= 0.6 is 11.3 Å². The number of aryl methyl sites for hydroxylation is 1. The molecule has 0 aliphatic rings. The van der Waals surface area contributed by atoms with Crippen molar-refractivity contribution in [1.29, 1.82) is 0 Å². The molecule has 6 nitrogen and oxygen atoms in total. The number of nitro benzene ring substituents is 1. The van der Waals surface area contributed by atoms with Crippen LogP contribution in [0.15, 0.2) is 30.5 Å².